The van der Waals surface area contributed by atoms with Gasteiger partial charge in [-0.1, -0.05) is 0 Å². The Bertz CT molecular complexity index is 951. The van der Waals surface area contributed by atoms with Crippen molar-refractivity contribution in [3.8, 4) is 10.6 Å². The van der Waals surface area contributed by atoms with Gasteiger partial charge in [-0.3, -0.25) is 14.3 Å². The van der Waals surface area contributed by atoms with Crippen molar-refractivity contribution in [1.29, 1.82) is 0 Å². The summed E-state index contributed by atoms with van der Waals surface area (Å²) in [6.45, 7) is 6.55. The zero-order valence-corrected chi connectivity index (χ0v) is 18.8. The first kappa shape index (κ1) is 23.3. The molecule has 170 valence electrons. The van der Waals surface area contributed by atoms with Crippen LogP contribution in [0.2, 0.25) is 0 Å². The van der Waals surface area contributed by atoms with E-state index in [1.165, 1.54) is 7.05 Å². The highest BCUT2D eigenvalue weighted by molar-refractivity contribution is 7.17. The number of hydrogen-bond donors (Lipinski definition) is 0. The summed E-state index contributed by atoms with van der Waals surface area (Å²) in [6.07, 6.45) is -2.74. The number of esters is 1. The second-order valence-electron chi connectivity index (χ2n) is 8.73. The lowest BCUT2D eigenvalue weighted by Crippen LogP contribution is -2.39. The Morgan fingerprint density at radius 1 is 1.19 bits per heavy atom. The van der Waals surface area contributed by atoms with Crippen molar-refractivity contribution in [2.24, 2.45) is 13.0 Å². The Morgan fingerprint density at radius 3 is 2.39 bits per heavy atom. The number of piperidine rings is 1. The van der Waals surface area contributed by atoms with Crippen molar-refractivity contribution < 1.29 is 27.5 Å². The molecule has 10 heteroatoms. The van der Waals surface area contributed by atoms with Gasteiger partial charge in [-0.15, -0.1) is 11.3 Å². The maximum Gasteiger partial charge on any atom is 0.433 e. The van der Waals surface area contributed by atoms with Crippen LogP contribution in [0.4, 0.5) is 13.2 Å². The van der Waals surface area contributed by atoms with Gasteiger partial charge in [-0.25, -0.2) is 0 Å². The topological polar surface area (TPSA) is 64.4 Å². The lowest BCUT2D eigenvalue weighted by atomic mass is 9.93. The van der Waals surface area contributed by atoms with Crippen LogP contribution in [0.25, 0.3) is 10.6 Å². The van der Waals surface area contributed by atoms with E-state index in [-0.39, 0.29) is 23.5 Å². The van der Waals surface area contributed by atoms with Crippen LogP contribution < -0.4 is 0 Å². The van der Waals surface area contributed by atoms with Crippen LogP contribution in [0, 0.1) is 5.92 Å². The van der Waals surface area contributed by atoms with Gasteiger partial charge in [0.05, 0.1) is 9.75 Å². The van der Waals surface area contributed by atoms with Crippen LogP contribution in [-0.2, 0) is 22.8 Å². The molecule has 0 aromatic carbocycles. The summed E-state index contributed by atoms with van der Waals surface area (Å²) in [6, 6.07) is 4.23. The number of aryl methyl sites for hydroxylation is 1. The molecule has 31 heavy (non-hydrogen) atoms. The van der Waals surface area contributed by atoms with Gasteiger partial charge in [-0.2, -0.15) is 18.3 Å². The van der Waals surface area contributed by atoms with Crippen molar-refractivity contribution in [3.63, 3.8) is 0 Å². The van der Waals surface area contributed by atoms with E-state index in [9.17, 15) is 22.8 Å². The largest absolute Gasteiger partial charge is 0.460 e. The molecule has 3 heterocycles. The second kappa shape index (κ2) is 8.64. The Hall–Kier alpha value is -2.36. The molecule has 0 saturated carbocycles. The van der Waals surface area contributed by atoms with E-state index in [0.29, 0.717) is 42.1 Å². The third-order valence-electron chi connectivity index (χ3n) is 5.02. The molecular formula is C21H26F3N3O3S. The lowest BCUT2D eigenvalue weighted by molar-refractivity contribution is -0.156. The highest BCUT2D eigenvalue weighted by Crippen LogP contribution is 2.34. The Balaban J connectivity index is 1.59. The molecule has 0 aliphatic carbocycles. The SMILES string of the molecule is Cn1nc(-c2ccc(C(=O)N3CCC(CC(=O)OC(C)(C)C)CC3)s2)cc1C(F)(F)F. The molecule has 1 amide bonds. The average Bonchev–Trinajstić information content (AvgIpc) is 3.26. The molecule has 0 atom stereocenters. The fraction of sp³-hybridized carbons (Fsp3) is 0.571. The number of halogens is 3. The van der Waals surface area contributed by atoms with Crippen LogP contribution in [0.3, 0.4) is 0 Å². The van der Waals surface area contributed by atoms with E-state index in [2.05, 4.69) is 5.10 Å². The first-order valence-electron chi connectivity index (χ1n) is 10.1. The third-order valence-corrected chi connectivity index (χ3v) is 6.11. The zero-order valence-electron chi connectivity index (χ0n) is 18.0. The number of hydrogen-bond acceptors (Lipinski definition) is 5. The van der Waals surface area contributed by atoms with Gasteiger partial charge in [0, 0.05) is 26.6 Å². The van der Waals surface area contributed by atoms with E-state index in [0.717, 1.165) is 22.1 Å². The van der Waals surface area contributed by atoms with Crippen molar-refractivity contribution in [2.75, 3.05) is 13.1 Å². The van der Waals surface area contributed by atoms with Gasteiger partial charge in [-0.05, 0) is 57.7 Å². The molecule has 2 aromatic heterocycles. The number of likely N-dealkylation sites (tertiary alicyclic amines) is 1. The van der Waals surface area contributed by atoms with Gasteiger partial charge in [0.25, 0.3) is 5.91 Å². The molecule has 0 radical (unpaired) electrons. The van der Waals surface area contributed by atoms with Crippen LogP contribution in [0.5, 0.6) is 0 Å². The molecule has 1 aliphatic rings. The maximum atomic E-state index is 13.0. The number of carbonyl (C=O) groups is 2. The van der Waals surface area contributed by atoms with Crippen molar-refractivity contribution in [1.82, 2.24) is 14.7 Å². The summed E-state index contributed by atoms with van der Waals surface area (Å²) in [7, 11) is 1.24. The minimum atomic E-state index is -4.49. The lowest BCUT2D eigenvalue weighted by Gasteiger charge is -2.32. The molecule has 0 N–H and O–H groups in total. The number of carbonyl (C=O) groups excluding carboxylic acids is 2. The number of ether oxygens (including phenoxy) is 1. The molecule has 1 aliphatic heterocycles. The minimum Gasteiger partial charge on any atom is -0.460 e. The van der Waals surface area contributed by atoms with E-state index >= 15 is 0 Å². The normalized spacial score (nSPS) is 15.9. The van der Waals surface area contributed by atoms with Crippen LogP contribution in [-0.4, -0.2) is 45.2 Å². The molecule has 2 aromatic rings. The zero-order chi connectivity index (χ0) is 23.0. The van der Waals surface area contributed by atoms with Crippen LogP contribution in [0.1, 0.15) is 55.4 Å². The number of thiophene rings is 1. The molecule has 3 rings (SSSR count). The van der Waals surface area contributed by atoms with Gasteiger partial charge in [0.15, 0.2) is 0 Å². The van der Waals surface area contributed by atoms with Gasteiger partial charge in [0.2, 0.25) is 0 Å². The molecule has 0 unspecified atom stereocenters. The Kier molecular flexibility index (Phi) is 6.50. The predicted octanol–water partition coefficient (Wildman–Crippen LogP) is 4.75. The van der Waals surface area contributed by atoms with Crippen LogP contribution >= 0.6 is 11.3 Å². The van der Waals surface area contributed by atoms with Crippen LogP contribution in [0.15, 0.2) is 18.2 Å². The first-order valence-corrected chi connectivity index (χ1v) is 10.9. The van der Waals surface area contributed by atoms with E-state index in [1.54, 1.807) is 17.0 Å². The number of rotatable bonds is 4. The minimum absolute atomic E-state index is 0.154. The number of nitrogens with zero attached hydrogens (tertiary/aromatic N) is 3. The van der Waals surface area contributed by atoms with E-state index in [1.807, 2.05) is 20.8 Å². The predicted molar refractivity (Wildman–Crippen MR) is 111 cm³/mol. The number of aromatic nitrogens is 2. The standard InChI is InChI=1S/C21H26F3N3O3S/c1-20(2,3)30-18(28)11-13-7-9-27(10-8-13)19(29)16-6-5-15(31-16)14-12-17(21(22,23)24)26(4)25-14/h5-6,12-13H,7-11H2,1-4H3. The summed E-state index contributed by atoms with van der Waals surface area (Å²) < 4.78 is 45.2. The third kappa shape index (κ3) is 5.87. The molecule has 0 bridgehead atoms. The van der Waals surface area contributed by atoms with E-state index < -0.39 is 17.5 Å². The summed E-state index contributed by atoms with van der Waals surface area (Å²) in [5.41, 5.74) is -1.16. The van der Waals surface area contributed by atoms with Gasteiger partial charge in [0.1, 0.15) is 17.0 Å². The first-order chi connectivity index (χ1) is 14.3. The molecule has 1 saturated heterocycles. The quantitative estimate of drug-likeness (QED) is 0.622. The van der Waals surface area contributed by atoms with Gasteiger partial charge >= 0.3 is 12.1 Å². The monoisotopic (exact) mass is 457 g/mol. The van der Waals surface area contributed by atoms with Gasteiger partial charge < -0.3 is 9.64 Å². The molecule has 1 fully saturated rings. The molecule has 0 spiro atoms. The second-order valence-corrected chi connectivity index (χ2v) is 9.81. The van der Waals surface area contributed by atoms with Crippen molar-refractivity contribution >= 4 is 23.2 Å². The molecular weight excluding hydrogens is 431 g/mol. The average molecular weight is 458 g/mol. The summed E-state index contributed by atoms with van der Waals surface area (Å²) in [5.74, 6) is -0.209. The highest BCUT2D eigenvalue weighted by atomic mass is 32.1. The summed E-state index contributed by atoms with van der Waals surface area (Å²) in [4.78, 5) is 27.5. The Labute approximate surface area is 183 Å². The summed E-state index contributed by atoms with van der Waals surface area (Å²) >= 11 is 1.13. The van der Waals surface area contributed by atoms with Crippen molar-refractivity contribution in [2.45, 2.75) is 51.8 Å². The fourth-order valence-electron chi connectivity index (χ4n) is 3.56. The number of alkyl halides is 3. The van der Waals surface area contributed by atoms with Crippen molar-refractivity contribution in [3.05, 3.63) is 28.8 Å². The summed E-state index contributed by atoms with van der Waals surface area (Å²) in [5, 5.41) is 3.93. The fourth-order valence-corrected chi connectivity index (χ4v) is 4.49. The smallest absolute Gasteiger partial charge is 0.433 e. The highest BCUT2D eigenvalue weighted by Gasteiger charge is 2.35. The molecule has 6 nitrogen and oxygen atoms in total. The maximum absolute atomic E-state index is 13.0. The number of amides is 1. The van der Waals surface area contributed by atoms with E-state index in [4.69, 9.17) is 4.74 Å². The Morgan fingerprint density at radius 2 is 1.84 bits per heavy atom.